The van der Waals surface area contributed by atoms with Crippen molar-refractivity contribution in [1.29, 1.82) is 0 Å². The Kier molecular flexibility index (Phi) is 6.17. The van der Waals surface area contributed by atoms with E-state index in [0.717, 1.165) is 47.8 Å². The van der Waals surface area contributed by atoms with E-state index in [0.29, 0.717) is 13.2 Å². The lowest BCUT2D eigenvalue weighted by Gasteiger charge is -2.48. The van der Waals surface area contributed by atoms with Crippen molar-refractivity contribution in [3.05, 3.63) is 95.6 Å². The number of nitrogens with zero attached hydrogens (tertiary/aromatic N) is 2. The molecule has 33 heavy (non-hydrogen) atoms. The first-order valence-electron chi connectivity index (χ1n) is 11.4. The fourth-order valence-corrected chi connectivity index (χ4v) is 4.79. The number of hydrogen-bond donors (Lipinski definition) is 1. The maximum absolute atomic E-state index is 13.4. The first kappa shape index (κ1) is 21.3. The van der Waals surface area contributed by atoms with Gasteiger partial charge in [-0.15, -0.1) is 0 Å². The molecule has 2 amide bonds. The Hall–Kier alpha value is -3.51. The van der Waals surface area contributed by atoms with Crippen LogP contribution in [0.2, 0.25) is 0 Å². The van der Waals surface area contributed by atoms with E-state index < -0.39 is 0 Å². The van der Waals surface area contributed by atoms with Crippen molar-refractivity contribution >= 4 is 6.03 Å². The van der Waals surface area contributed by atoms with Gasteiger partial charge in [0, 0.05) is 30.8 Å². The van der Waals surface area contributed by atoms with Crippen LogP contribution in [0.1, 0.15) is 22.7 Å². The Morgan fingerprint density at radius 1 is 0.970 bits per heavy atom. The Balaban J connectivity index is 1.45. The maximum atomic E-state index is 13.4. The lowest BCUT2D eigenvalue weighted by Crippen LogP contribution is -2.62. The van der Waals surface area contributed by atoms with Crippen molar-refractivity contribution < 1.29 is 14.3 Å². The molecule has 0 aromatic heterocycles. The number of methoxy groups -OCH3 is 1. The summed E-state index contributed by atoms with van der Waals surface area (Å²) in [6, 6.07) is 26.2. The molecule has 0 radical (unpaired) electrons. The van der Waals surface area contributed by atoms with E-state index in [1.165, 1.54) is 0 Å². The predicted molar refractivity (Wildman–Crippen MR) is 128 cm³/mol. The summed E-state index contributed by atoms with van der Waals surface area (Å²) in [5.41, 5.74) is 3.25. The van der Waals surface area contributed by atoms with Gasteiger partial charge in [-0.3, -0.25) is 4.90 Å². The average Bonchev–Trinajstić information content (AvgIpc) is 2.90. The van der Waals surface area contributed by atoms with Crippen molar-refractivity contribution in [2.75, 3.05) is 33.4 Å². The highest BCUT2D eigenvalue weighted by atomic mass is 16.5. The maximum Gasteiger partial charge on any atom is 0.318 e. The van der Waals surface area contributed by atoms with Crippen molar-refractivity contribution in [2.45, 2.75) is 18.6 Å². The Bertz CT molecular complexity index is 1100. The first-order valence-corrected chi connectivity index (χ1v) is 11.4. The number of amides is 2. The summed E-state index contributed by atoms with van der Waals surface area (Å²) in [4.78, 5) is 17.8. The molecule has 0 bridgehead atoms. The molecular formula is C27H29N3O3. The zero-order valence-electron chi connectivity index (χ0n) is 18.8. The molecule has 2 aliphatic heterocycles. The summed E-state index contributed by atoms with van der Waals surface area (Å²) < 4.78 is 11.6. The van der Waals surface area contributed by atoms with E-state index in [2.05, 4.69) is 34.5 Å². The molecule has 3 aromatic carbocycles. The molecule has 1 saturated heterocycles. The third-order valence-electron chi connectivity index (χ3n) is 6.40. The van der Waals surface area contributed by atoms with Crippen LogP contribution in [-0.4, -0.2) is 55.2 Å². The second kappa shape index (κ2) is 9.55. The lowest BCUT2D eigenvalue weighted by atomic mass is 9.93. The summed E-state index contributed by atoms with van der Waals surface area (Å²) in [5, 5.41) is 3.06. The lowest BCUT2D eigenvalue weighted by molar-refractivity contribution is 0.0343. The van der Waals surface area contributed by atoms with Crippen LogP contribution >= 0.6 is 0 Å². The summed E-state index contributed by atoms with van der Waals surface area (Å²) in [7, 11) is 1.70. The number of likely N-dealkylation sites (tertiary alicyclic amines) is 1. The number of fused-ring (bicyclic) bond motifs is 1. The molecule has 1 unspecified atom stereocenters. The second-order valence-corrected chi connectivity index (χ2v) is 8.50. The van der Waals surface area contributed by atoms with Crippen molar-refractivity contribution in [1.82, 2.24) is 15.1 Å². The standard InChI is InChI=1S/C27H29N3O3/c1-32-24-13-7-5-11-21(24)17-29-18-22(19-29)30-26(20-9-3-2-4-10-20)23-12-6-8-14-25(23)33-16-15-28-27(30)31/h2-14,22,26H,15-19H2,1H3,(H,28,31). The molecule has 0 aliphatic carbocycles. The fourth-order valence-electron chi connectivity index (χ4n) is 4.79. The summed E-state index contributed by atoms with van der Waals surface area (Å²) >= 11 is 0. The van der Waals surface area contributed by atoms with E-state index in [-0.39, 0.29) is 18.1 Å². The van der Waals surface area contributed by atoms with Gasteiger partial charge in [0.05, 0.1) is 25.7 Å². The minimum absolute atomic E-state index is 0.0499. The van der Waals surface area contributed by atoms with Gasteiger partial charge in [0.15, 0.2) is 0 Å². The van der Waals surface area contributed by atoms with Crippen molar-refractivity contribution in [3.63, 3.8) is 0 Å². The van der Waals surface area contributed by atoms with Crippen LogP contribution in [0, 0.1) is 0 Å². The van der Waals surface area contributed by atoms with E-state index in [4.69, 9.17) is 9.47 Å². The molecule has 0 spiro atoms. The number of benzene rings is 3. The van der Waals surface area contributed by atoms with Gasteiger partial charge in [-0.1, -0.05) is 66.7 Å². The minimum Gasteiger partial charge on any atom is -0.496 e. The summed E-state index contributed by atoms with van der Waals surface area (Å²) in [6.45, 7) is 3.33. The van der Waals surface area contributed by atoms with Gasteiger partial charge in [-0.05, 0) is 17.7 Å². The van der Waals surface area contributed by atoms with Gasteiger partial charge in [-0.25, -0.2) is 4.79 Å². The molecule has 2 heterocycles. The van der Waals surface area contributed by atoms with E-state index in [1.54, 1.807) is 7.11 Å². The van der Waals surface area contributed by atoms with Crippen LogP contribution in [0.15, 0.2) is 78.9 Å². The average molecular weight is 444 g/mol. The van der Waals surface area contributed by atoms with Crippen LogP contribution < -0.4 is 14.8 Å². The molecule has 1 fully saturated rings. The number of nitrogens with one attached hydrogen (secondary N) is 1. The topological polar surface area (TPSA) is 54.0 Å². The van der Waals surface area contributed by atoms with E-state index >= 15 is 0 Å². The first-order chi connectivity index (χ1) is 16.2. The number of rotatable bonds is 5. The molecule has 170 valence electrons. The molecular weight excluding hydrogens is 414 g/mol. The molecule has 0 saturated carbocycles. The Morgan fingerprint density at radius 2 is 1.70 bits per heavy atom. The largest absolute Gasteiger partial charge is 0.496 e. The smallest absolute Gasteiger partial charge is 0.318 e. The number of carbonyl (C=O) groups excluding carboxylic acids is 1. The van der Waals surface area contributed by atoms with E-state index in [9.17, 15) is 4.79 Å². The van der Waals surface area contributed by atoms with Gasteiger partial charge in [-0.2, -0.15) is 0 Å². The minimum atomic E-state index is -0.223. The Labute approximate surface area is 194 Å². The van der Waals surface area contributed by atoms with Gasteiger partial charge < -0.3 is 19.7 Å². The molecule has 5 rings (SSSR count). The van der Waals surface area contributed by atoms with Gasteiger partial charge in [0.1, 0.15) is 18.1 Å². The van der Waals surface area contributed by atoms with E-state index in [1.807, 2.05) is 59.5 Å². The SMILES string of the molecule is COc1ccccc1CN1CC(N2C(=O)NCCOc3ccccc3C2c2ccccc2)C1. The van der Waals surface area contributed by atoms with Crippen LogP contribution in [0.25, 0.3) is 0 Å². The predicted octanol–water partition coefficient (Wildman–Crippen LogP) is 4.07. The quantitative estimate of drug-likeness (QED) is 0.646. The Morgan fingerprint density at radius 3 is 2.52 bits per heavy atom. The van der Waals surface area contributed by atoms with Crippen LogP contribution in [0.4, 0.5) is 4.79 Å². The van der Waals surface area contributed by atoms with Crippen molar-refractivity contribution in [3.8, 4) is 11.5 Å². The van der Waals surface area contributed by atoms with Crippen LogP contribution in [-0.2, 0) is 6.54 Å². The third-order valence-corrected chi connectivity index (χ3v) is 6.40. The highest BCUT2D eigenvalue weighted by Gasteiger charge is 2.41. The highest BCUT2D eigenvalue weighted by molar-refractivity contribution is 5.76. The van der Waals surface area contributed by atoms with Crippen LogP contribution in [0.5, 0.6) is 11.5 Å². The van der Waals surface area contributed by atoms with Gasteiger partial charge >= 0.3 is 6.03 Å². The van der Waals surface area contributed by atoms with Crippen LogP contribution in [0.3, 0.4) is 0 Å². The fraction of sp³-hybridized carbons (Fsp3) is 0.296. The molecule has 3 aromatic rings. The highest BCUT2D eigenvalue weighted by Crippen LogP contribution is 2.38. The molecule has 6 nitrogen and oxygen atoms in total. The zero-order valence-corrected chi connectivity index (χ0v) is 18.8. The molecule has 2 aliphatic rings. The van der Waals surface area contributed by atoms with Gasteiger partial charge in [0.25, 0.3) is 0 Å². The monoisotopic (exact) mass is 443 g/mol. The summed E-state index contributed by atoms with van der Waals surface area (Å²) in [6.07, 6.45) is 0. The second-order valence-electron chi connectivity index (χ2n) is 8.50. The molecule has 6 heteroatoms. The van der Waals surface area contributed by atoms with Gasteiger partial charge in [0.2, 0.25) is 0 Å². The molecule has 1 N–H and O–H groups in total. The molecule has 1 atom stereocenters. The van der Waals surface area contributed by atoms with Crippen molar-refractivity contribution in [2.24, 2.45) is 0 Å². The number of para-hydroxylation sites is 2. The number of hydrogen-bond acceptors (Lipinski definition) is 4. The number of ether oxygens (including phenoxy) is 2. The normalized spacial score (nSPS) is 19.2. The number of carbonyl (C=O) groups is 1. The number of urea groups is 1. The third kappa shape index (κ3) is 4.39. The zero-order chi connectivity index (χ0) is 22.6. The summed E-state index contributed by atoms with van der Waals surface area (Å²) in [5.74, 6) is 1.73.